The van der Waals surface area contributed by atoms with Crippen LogP contribution in [0.3, 0.4) is 0 Å². The molecule has 4 aromatic rings. The zero-order valence-electron chi connectivity index (χ0n) is 14.9. The van der Waals surface area contributed by atoms with Crippen molar-refractivity contribution < 1.29 is 9.59 Å². The van der Waals surface area contributed by atoms with E-state index in [1.165, 1.54) is 0 Å². The zero-order valence-corrected chi connectivity index (χ0v) is 16.5. The van der Waals surface area contributed by atoms with Gasteiger partial charge in [0, 0.05) is 22.1 Å². The third kappa shape index (κ3) is 5.90. The summed E-state index contributed by atoms with van der Waals surface area (Å²) in [4.78, 5) is 30.9. The smallest absolute Gasteiger partial charge is 0.202 e. The van der Waals surface area contributed by atoms with E-state index >= 15 is 0 Å². The second-order valence-electron chi connectivity index (χ2n) is 5.59. The van der Waals surface area contributed by atoms with E-state index in [1.807, 2.05) is 59.3 Å². The van der Waals surface area contributed by atoms with Gasteiger partial charge in [-0.1, -0.05) is 12.1 Å². The molecule has 140 valence electrons. The van der Waals surface area contributed by atoms with Crippen LogP contribution in [0.1, 0.15) is 30.7 Å². The Balaban J connectivity index is 0.000000161. The molecule has 2 N–H and O–H groups in total. The minimum absolute atomic E-state index is 0.00315. The van der Waals surface area contributed by atoms with E-state index in [0.717, 1.165) is 9.75 Å². The van der Waals surface area contributed by atoms with Crippen LogP contribution < -0.4 is 0 Å². The van der Waals surface area contributed by atoms with Gasteiger partial charge in [0.1, 0.15) is 0 Å². The number of hydrogen-bond acceptors (Lipinski definition) is 4. The van der Waals surface area contributed by atoms with Crippen LogP contribution in [0.25, 0.3) is 12.2 Å². The van der Waals surface area contributed by atoms with Crippen molar-refractivity contribution in [2.45, 2.75) is 0 Å². The maximum absolute atomic E-state index is 11.5. The predicted octanol–water partition coefficient (Wildman–Crippen LogP) is 5.94. The largest absolute Gasteiger partial charge is 0.359 e. The molecule has 0 saturated carbocycles. The van der Waals surface area contributed by atoms with Gasteiger partial charge in [-0.2, -0.15) is 0 Å². The summed E-state index contributed by atoms with van der Waals surface area (Å²) < 4.78 is 0. The van der Waals surface area contributed by atoms with Gasteiger partial charge in [-0.3, -0.25) is 9.59 Å². The van der Waals surface area contributed by atoms with Crippen LogP contribution in [-0.2, 0) is 0 Å². The van der Waals surface area contributed by atoms with Crippen molar-refractivity contribution in [2.75, 3.05) is 0 Å². The first-order valence-electron chi connectivity index (χ1n) is 8.51. The maximum Gasteiger partial charge on any atom is 0.202 e. The average Bonchev–Trinajstić information content (AvgIpc) is 3.54. The standard InChI is InChI=1S/2C11H9NOS/c2*13-11(10-4-1-7-12-10)6-5-9-3-2-8-14-9/h2*1-8,12H/b2*6-5+. The van der Waals surface area contributed by atoms with Crippen LogP contribution in [0.15, 0.2) is 83.8 Å². The second-order valence-corrected chi connectivity index (χ2v) is 7.55. The number of nitrogens with one attached hydrogen (secondary N) is 2. The molecular weight excluding hydrogens is 388 g/mol. The van der Waals surface area contributed by atoms with Crippen LogP contribution in [0.2, 0.25) is 0 Å². The quantitative estimate of drug-likeness (QED) is 0.307. The molecule has 4 nitrogen and oxygen atoms in total. The Morgan fingerprint density at radius 1 is 0.679 bits per heavy atom. The summed E-state index contributed by atoms with van der Waals surface area (Å²) in [5.41, 5.74) is 1.25. The highest BCUT2D eigenvalue weighted by atomic mass is 32.1. The lowest BCUT2D eigenvalue weighted by atomic mass is 10.2. The number of thiophene rings is 2. The summed E-state index contributed by atoms with van der Waals surface area (Å²) in [6.45, 7) is 0. The SMILES string of the molecule is O=C(/C=C/c1cccs1)c1ccc[nH]1.O=C(/C=C/c1cccs1)c1ccc[nH]1. The lowest BCUT2D eigenvalue weighted by Crippen LogP contribution is -1.92. The van der Waals surface area contributed by atoms with E-state index in [9.17, 15) is 9.59 Å². The fourth-order valence-electron chi connectivity index (χ4n) is 2.23. The molecule has 4 aromatic heterocycles. The van der Waals surface area contributed by atoms with Crippen LogP contribution in [0, 0.1) is 0 Å². The number of hydrogen-bond donors (Lipinski definition) is 2. The second kappa shape index (κ2) is 10.2. The molecule has 0 spiro atoms. The minimum Gasteiger partial charge on any atom is -0.359 e. The van der Waals surface area contributed by atoms with Crippen LogP contribution >= 0.6 is 22.7 Å². The number of carbonyl (C=O) groups is 2. The highest BCUT2D eigenvalue weighted by molar-refractivity contribution is 7.11. The fraction of sp³-hybridized carbons (Fsp3) is 0. The summed E-state index contributed by atoms with van der Waals surface area (Å²) in [5, 5.41) is 3.97. The molecule has 0 bridgehead atoms. The molecule has 0 fully saturated rings. The number of carbonyl (C=O) groups excluding carboxylic acids is 2. The first-order valence-corrected chi connectivity index (χ1v) is 10.3. The van der Waals surface area contributed by atoms with E-state index in [-0.39, 0.29) is 11.6 Å². The molecule has 0 aliphatic rings. The first kappa shape index (κ1) is 19.5. The molecule has 0 saturated heterocycles. The van der Waals surface area contributed by atoms with Gasteiger partial charge >= 0.3 is 0 Å². The Hall–Kier alpha value is -3.22. The molecule has 0 aliphatic heterocycles. The van der Waals surface area contributed by atoms with Gasteiger partial charge in [-0.05, 0) is 71.5 Å². The molecule has 0 aromatic carbocycles. The molecule has 0 radical (unpaired) electrons. The summed E-state index contributed by atoms with van der Waals surface area (Å²) in [7, 11) is 0. The van der Waals surface area contributed by atoms with E-state index in [2.05, 4.69) is 9.97 Å². The maximum atomic E-state index is 11.5. The number of allylic oxidation sites excluding steroid dienone is 2. The molecule has 6 heteroatoms. The summed E-state index contributed by atoms with van der Waals surface area (Å²) in [5.74, 6) is 0.00630. The Bertz CT molecular complexity index is 938. The fourth-order valence-corrected chi connectivity index (χ4v) is 3.47. The Labute approximate surface area is 170 Å². The van der Waals surface area contributed by atoms with E-state index in [0.29, 0.717) is 11.4 Å². The van der Waals surface area contributed by atoms with Gasteiger partial charge in [-0.25, -0.2) is 0 Å². The van der Waals surface area contributed by atoms with Gasteiger partial charge < -0.3 is 9.97 Å². The Morgan fingerprint density at radius 2 is 1.14 bits per heavy atom. The van der Waals surface area contributed by atoms with Gasteiger partial charge in [0.15, 0.2) is 0 Å². The summed E-state index contributed by atoms with van der Waals surface area (Å²) >= 11 is 3.23. The molecule has 0 amide bonds. The van der Waals surface area contributed by atoms with Gasteiger partial charge in [-0.15, -0.1) is 22.7 Å². The highest BCUT2D eigenvalue weighted by Crippen LogP contribution is 2.11. The highest BCUT2D eigenvalue weighted by Gasteiger charge is 2.01. The first-order chi connectivity index (χ1) is 13.7. The molecule has 0 aliphatic carbocycles. The molecule has 0 unspecified atom stereocenters. The Kier molecular flexibility index (Phi) is 7.12. The molecule has 4 rings (SSSR count). The predicted molar refractivity (Wildman–Crippen MR) is 117 cm³/mol. The van der Waals surface area contributed by atoms with Crippen molar-refractivity contribution in [3.8, 4) is 0 Å². The van der Waals surface area contributed by atoms with Crippen LogP contribution in [0.5, 0.6) is 0 Å². The Morgan fingerprint density at radius 3 is 1.46 bits per heavy atom. The van der Waals surface area contributed by atoms with Gasteiger partial charge in [0.25, 0.3) is 0 Å². The zero-order chi connectivity index (χ0) is 19.6. The van der Waals surface area contributed by atoms with Crippen molar-refractivity contribution in [3.05, 3.63) is 105 Å². The van der Waals surface area contributed by atoms with Crippen LogP contribution in [0.4, 0.5) is 0 Å². The monoisotopic (exact) mass is 406 g/mol. The molecule has 28 heavy (non-hydrogen) atoms. The normalized spacial score (nSPS) is 10.9. The minimum atomic E-state index is 0.00315. The summed E-state index contributed by atoms with van der Waals surface area (Å²) in [6.07, 6.45) is 10.3. The van der Waals surface area contributed by atoms with Gasteiger partial charge in [0.2, 0.25) is 11.6 Å². The van der Waals surface area contributed by atoms with E-state index in [4.69, 9.17) is 0 Å². The number of aromatic nitrogens is 2. The van der Waals surface area contributed by atoms with E-state index < -0.39 is 0 Å². The topological polar surface area (TPSA) is 65.7 Å². The average molecular weight is 407 g/mol. The van der Waals surface area contributed by atoms with Crippen LogP contribution in [-0.4, -0.2) is 21.5 Å². The van der Waals surface area contributed by atoms with Crippen molar-refractivity contribution in [1.82, 2.24) is 9.97 Å². The molecule has 4 heterocycles. The van der Waals surface area contributed by atoms with Crippen molar-refractivity contribution in [3.63, 3.8) is 0 Å². The summed E-state index contributed by atoms with van der Waals surface area (Å²) in [6, 6.07) is 15.0. The number of H-pyrrole nitrogens is 2. The lowest BCUT2D eigenvalue weighted by Gasteiger charge is -1.87. The lowest BCUT2D eigenvalue weighted by molar-refractivity contribution is 0.103. The van der Waals surface area contributed by atoms with Crippen molar-refractivity contribution >= 4 is 46.4 Å². The third-order valence-electron chi connectivity index (χ3n) is 3.61. The number of ketones is 2. The molecule has 0 atom stereocenters. The molecular formula is C22H18N2O2S2. The third-order valence-corrected chi connectivity index (χ3v) is 5.29. The van der Waals surface area contributed by atoms with Crippen molar-refractivity contribution in [1.29, 1.82) is 0 Å². The number of aromatic amines is 2. The van der Waals surface area contributed by atoms with E-state index in [1.54, 1.807) is 59.4 Å². The van der Waals surface area contributed by atoms with Crippen molar-refractivity contribution in [2.24, 2.45) is 0 Å². The van der Waals surface area contributed by atoms with Gasteiger partial charge in [0.05, 0.1) is 11.4 Å². The number of rotatable bonds is 6.